The van der Waals surface area contributed by atoms with Gasteiger partial charge in [-0.2, -0.15) is 13.2 Å². The van der Waals surface area contributed by atoms with Gasteiger partial charge in [-0.15, -0.1) is 0 Å². The van der Waals surface area contributed by atoms with Crippen LogP contribution in [-0.4, -0.2) is 24.5 Å². The van der Waals surface area contributed by atoms with Crippen LogP contribution in [0, 0.1) is 11.7 Å². The SMILES string of the molecule is CC(C)C(=O)NCc1ccc(Cl)c(C(=O)Nc2ccc3c(c2)C(=O)N(c2cc(F)cc(C(F)(F)F)c2)CO3)c1. The first-order valence-electron chi connectivity index (χ1n) is 11.7. The Morgan fingerprint density at radius 1 is 1.08 bits per heavy atom. The molecule has 0 spiro atoms. The first kappa shape index (κ1) is 27.9. The van der Waals surface area contributed by atoms with Crippen molar-refractivity contribution in [3.63, 3.8) is 0 Å². The van der Waals surface area contributed by atoms with E-state index < -0.39 is 36.1 Å². The Balaban J connectivity index is 1.55. The fourth-order valence-corrected chi connectivity index (χ4v) is 3.98. The highest BCUT2D eigenvalue weighted by Gasteiger charge is 2.34. The molecule has 0 saturated heterocycles. The smallest absolute Gasteiger partial charge is 0.416 e. The zero-order valence-electron chi connectivity index (χ0n) is 20.7. The molecule has 0 saturated carbocycles. The largest absolute Gasteiger partial charge is 0.472 e. The average molecular weight is 564 g/mol. The Labute approximate surface area is 225 Å². The molecule has 2 N–H and O–H groups in total. The van der Waals surface area contributed by atoms with Crippen molar-refractivity contribution in [2.24, 2.45) is 5.92 Å². The normalized spacial score (nSPS) is 13.1. The molecule has 1 aliphatic rings. The highest BCUT2D eigenvalue weighted by molar-refractivity contribution is 6.34. The van der Waals surface area contributed by atoms with Crippen LogP contribution < -0.4 is 20.3 Å². The van der Waals surface area contributed by atoms with Crippen molar-refractivity contribution in [2.45, 2.75) is 26.6 Å². The number of nitrogens with zero attached hydrogens (tertiary/aromatic N) is 1. The molecule has 0 aromatic heterocycles. The molecule has 1 heterocycles. The van der Waals surface area contributed by atoms with Crippen molar-refractivity contribution < 1.29 is 36.7 Å². The first-order valence-corrected chi connectivity index (χ1v) is 12.1. The number of hydrogen-bond acceptors (Lipinski definition) is 4. The predicted molar refractivity (Wildman–Crippen MR) is 136 cm³/mol. The van der Waals surface area contributed by atoms with Crippen molar-refractivity contribution in [3.05, 3.63) is 87.7 Å². The van der Waals surface area contributed by atoms with Gasteiger partial charge in [0.25, 0.3) is 11.8 Å². The maximum atomic E-state index is 13.9. The summed E-state index contributed by atoms with van der Waals surface area (Å²) < 4.78 is 58.9. The second kappa shape index (κ2) is 10.9. The number of benzene rings is 3. The topological polar surface area (TPSA) is 87.7 Å². The molecule has 1 aliphatic heterocycles. The number of amides is 3. The molecular formula is C27H22ClF4N3O4. The van der Waals surface area contributed by atoms with Gasteiger partial charge in [0.2, 0.25) is 5.91 Å². The summed E-state index contributed by atoms with van der Waals surface area (Å²) in [5, 5.41) is 5.53. The summed E-state index contributed by atoms with van der Waals surface area (Å²) in [4.78, 5) is 38.8. The van der Waals surface area contributed by atoms with Crippen LogP contribution in [0.3, 0.4) is 0 Å². The number of alkyl halides is 3. The van der Waals surface area contributed by atoms with Crippen molar-refractivity contribution in [1.29, 1.82) is 0 Å². The molecule has 0 bridgehead atoms. The van der Waals surface area contributed by atoms with E-state index in [2.05, 4.69) is 10.6 Å². The second-order valence-electron chi connectivity index (χ2n) is 9.05. The lowest BCUT2D eigenvalue weighted by molar-refractivity contribution is -0.137. The molecule has 0 aliphatic carbocycles. The highest BCUT2D eigenvalue weighted by atomic mass is 35.5. The molecule has 0 unspecified atom stereocenters. The minimum Gasteiger partial charge on any atom is -0.472 e. The van der Waals surface area contributed by atoms with Gasteiger partial charge in [-0.3, -0.25) is 19.3 Å². The van der Waals surface area contributed by atoms with E-state index in [0.717, 1.165) is 11.0 Å². The van der Waals surface area contributed by atoms with Crippen molar-refractivity contribution in [3.8, 4) is 5.75 Å². The minimum atomic E-state index is -4.81. The molecule has 3 aromatic rings. The number of carbonyl (C=O) groups excluding carboxylic acids is 3. The Kier molecular flexibility index (Phi) is 7.82. The maximum absolute atomic E-state index is 13.9. The van der Waals surface area contributed by atoms with Gasteiger partial charge in [-0.05, 0) is 54.1 Å². The summed E-state index contributed by atoms with van der Waals surface area (Å²) in [5.74, 6) is -2.73. The summed E-state index contributed by atoms with van der Waals surface area (Å²) in [6.07, 6.45) is -4.81. The van der Waals surface area contributed by atoms with Crippen LogP contribution >= 0.6 is 11.6 Å². The van der Waals surface area contributed by atoms with Gasteiger partial charge in [-0.1, -0.05) is 31.5 Å². The summed E-state index contributed by atoms with van der Waals surface area (Å²) in [5.41, 5.74) is -0.693. The van der Waals surface area contributed by atoms with Crippen LogP contribution in [0.2, 0.25) is 5.02 Å². The third-order valence-electron chi connectivity index (χ3n) is 5.85. The van der Waals surface area contributed by atoms with Gasteiger partial charge in [0.1, 0.15) is 11.6 Å². The Bertz CT molecular complexity index is 1460. The molecule has 4 rings (SSSR count). The maximum Gasteiger partial charge on any atom is 0.416 e. The van der Waals surface area contributed by atoms with Crippen molar-refractivity contribution in [2.75, 3.05) is 16.9 Å². The Morgan fingerprint density at radius 2 is 1.82 bits per heavy atom. The number of ether oxygens (including phenoxy) is 1. The number of hydrogen-bond donors (Lipinski definition) is 2. The van der Waals surface area contributed by atoms with Crippen molar-refractivity contribution >= 4 is 40.7 Å². The van der Waals surface area contributed by atoms with Crippen LogP contribution in [0.25, 0.3) is 0 Å². The summed E-state index contributed by atoms with van der Waals surface area (Å²) >= 11 is 6.21. The molecule has 0 fully saturated rings. The molecule has 204 valence electrons. The molecule has 3 amide bonds. The second-order valence-corrected chi connectivity index (χ2v) is 9.46. The van der Waals surface area contributed by atoms with Gasteiger partial charge in [0.05, 0.1) is 27.4 Å². The molecular weight excluding hydrogens is 542 g/mol. The van der Waals surface area contributed by atoms with E-state index in [0.29, 0.717) is 17.7 Å². The van der Waals surface area contributed by atoms with E-state index in [-0.39, 0.29) is 51.6 Å². The standard InChI is InChI=1S/C27H22ClF4N3O4/c1-14(2)24(36)33-12-15-3-5-22(28)20(7-15)25(37)34-18-4-6-23-21(11-18)26(38)35(13-39-23)19-9-16(27(30,31)32)8-17(29)10-19/h3-11,14H,12-13H2,1-2H3,(H,33,36)(H,34,37). The highest BCUT2D eigenvalue weighted by Crippen LogP contribution is 2.35. The first-order chi connectivity index (χ1) is 18.3. The number of rotatable bonds is 6. The van der Waals surface area contributed by atoms with E-state index >= 15 is 0 Å². The molecule has 7 nitrogen and oxygen atoms in total. The van der Waals surface area contributed by atoms with E-state index in [1.807, 2.05) is 0 Å². The molecule has 12 heteroatoms. The third kappa shape index (κ3) is 6.31. The quantitative estimate of drug-likeness (QED) is 0.359. The molecule has 0 atom stereocenters. The lowest BCUT2D eigenvalue weighted by Gasteiger charge is -2.29. The minimum absolute atomic E-state index is 0.0480. The molecule has 39 heavy (non-hydrogen) atoms. The lowest BCUT2D eigenvalue weighted by Crippen LogP contribution is -2.39. The van der Waals surface area contributed by atoms with Crippen molar-refractivity contribution in [1.82, 2.24) is 5.32 Å². The third-order valence-corrected chi connectivity index (χ3v) is 6.18. The van der Waals surface area contributed by atoms with Gasteiger partial charge in [0, 0.05) is 18.2 Å². The summed E-state index contributed by atoms with van der Waals surface area (Å²) in [6.45, 7) is 3.25. The van der Waals surface area contributed by atoms with E-state index in [4.69, 9.17) is 16.3 Å². The van der Waals surface area contributed by atoms with Crippen LogP contribution in [0.5, 0.6) is 5.75 Å². The monoisotopic (exact) mass is 563 g/mol. The Morgan fingerprint density at radius 3 is 2.51 bits per heavy atom. The summed E-state index contributed by atoms with van der Waals surface area (Å²) in [6, 6.07) is 10.7. The Hall–Kier alpha value is -4.12. The average Bonchev–Trinajstić information content (AvgIpc) is 2.87. The fraction of sp³-hybridized carbons (Fsp3) is 0.222. The van der Waals surface area contributed by atoms with Crippen LogP contribution in [0.15, 0.2) is 54.6 Å². The van der Waals surface area contributed by atoms with Crippen LogP contribution in [-0.2, 0) is 17.5 Å². The number of carbonyl (C=O) groups is 3. The van der Waals surface area contributed by atoms with E-state index in [1.165, 1.54) is 30.3 Å². The van der Waals surface area contributed by atoms with E-state index in [1.54, 1.807) is 19.9 Å². The number of fused-ring (bicyclic) bond motifs is 1. The van der Waals surface area contributed by atoms with E-state index in [9.17, 15) is 31.9 Å². The number of nitrogens with one attached hydrogen (secondary N) is 2. The van der Waals surface area contributed by atoms with Gasteiger partial charge in [0.15, 0.2) is 6.73 Å². The number of halogens is 5. The lowest BCUT2D eigenvalue weighted by atomic mass is 10.1. The zero-order valence-corrected chi connectivity index (χ0v) is 21.4. The van der Waals surface area contributed by atoms with Gasteiger partial charge in [-0.25, -0.2) is 4.39 Å². The summed E-state index contributed by atoms with van der Waals surface area (Å²) in [7, 11) is 0. The predicted octanol–water partition coefficient (Wildman–Crippen LogP) is 6.02. The van der Waals surface area contributed by atoms with Gasteiger partial charge < -0.3 is 15.4 Å². The molecule has 0 radical (unpaired) electrons. The number of anilines is 2. The fourth-order valence-electron chi connectivity index (χ4n) is 3.77. The van der Waals surface area contributed by atoms with Crippen LogP contribution in [0.1, 0.15) is 45.7 Å². The van der Waals surface area contributed by atoms with Crippen LogP contribution in [0.4, 0.5) is 28.9 Å². The zero-order chi connectivity index (χ0) is 28.5. The van der Waals surface area contributed by atoms with Gasteiger partial charge >= 0.3 is 6.18 Å². The molecule has 3 aromatic carbocycles.